The van der Waals surface area contributed by atoms with Gasteiger partial charge in [-0.3, -0.25) is 4.79 Å². The van der Waals surface area contributed by atoms with Crippen LogP contribution in [0.2, 0.25) is 0 Å². The Labute approximate surface area is 120 Å². The number of unbranched alkanes of at least 4 members (excludes halogenated alkanes) is 1. The lowest BCUT2D eigenvalue weighted by molar-refractivity contribution is 0.0754. The van der Waals surface area contributed by atoms with Gasteiger partial charge >= 0.3 is 0 Å². The van der Waals surface area contributed by atoms with Gasteiger partial charge in [-0.2, -0.15) is 0 Å². The Balaban J connectivity index is 1.70. The average molecular weight is 276 g/mol. The molecule has 1 aliphatic rings. The maximum atomic E-state index is 12.0. The maximum Gasteiger partial charge on any atom is 0.251 e. The van der Waals surface area contributed by atoms with Crippen LogP contribution in [-0.2, 0) is 11.2 Å². The van der Waals surface area contributed by atoms with Gasteiger partial charge in [-0.1, -0.05) is 0 Å². The van der Waals surface area contributed by atoms with Crippen molar-refractivity contribution in [1.29, 1.82) is 0 Å². The van der Waals surface area contributed by atoms with Gasteiger partial charge in [-0.05, 0) is 56.9 Å². The van der Waals surface area contributed by atoms with Crippen LogP contribution in [0.4, 0.5) is 5.69 Å². The topological polar surface area (TPSA) is 50.4 Å². The van der Waals surface area contributed by atoms with E-state index in [9.17, 15) is 4.79 Å². The second kappa shape index (κ2) is 7.29. The van der Waals surface area contributed by atoms with Gasteiger partial charge in [0.2, 0.25) is 0 Å². The third-order valence-electron chi connectivity index (χ3n) is 3.39. The minimum absolute atomic E-state index is 0.0180. The van der Waals surface area contributed by atoms with E-state index >= 15 is 0 Å². The number of carbonyl (C=O) groups is 1. The highest BCUT2D eigenvalue weighted by Gasteiger charge is 2.12. The molecule has 1 aliphatic heterocycles. The van der Waals surface area contributed by atoms with Crippen molar-refractivity contribution in [2.45, 2.75) is 39.2 Å². The molecule has 1 aromatic carbocycles. The van der Waals surface area contributed by atoms with E-state index in [4.69, 9.17) is 4.74 Å². The minimum Gasteiger partial charge on any atom is -0.384 e. The Morgan fingerprint density at radius 3 is 3.05 bits per heavy atom. The molecule has 0 atom stereocenters. The predicted molar refractivity (Wildman–Crippen MR) is 81.3 cm³/mol. The van der Waals surface area contributed by atoms with Gasteiger partial charge in [0.15, 0.2) is 0 Å². The Morgan fingerprint density at radius 2 is 2.25 bits per heavy atom. The summed E-state index contributed by atoms with van der Waals surface area (Å²) in [7, 11) is 0. The first-order valence-electron chi connectivity index (χ1n) is 7.43. The molecule has 0 fully saturated rings. The van der Waals surface area contributed by atoms with Gasteiger partial charge in [0.25, 0.3) is 5.91 Å². The average Bonchev–Trinajstić information content (AvgIpc) is 2.89. The lowest BCUT2D eigenvalue weighted by Crippen LogP contribution is -2.24. The first-order valence-corrected chi connectivity index (χ1v) is 7.43. The number of benzene rings is 1. The van der Waals surface area contributed by atoms with Gasteiger partial charge in [0, 0.05) is 30.9 Å². The van der Waals surface area contributed by atoms with Gasteiger partial charge < -0.3 is 15.4 Å². The molecule has 0 saturated carbocycles. The first kappa shape index (κ1) is 14.9. The summed E-state index contributed by atoms with van der Waals surface area (Å²) in [6.45, 7) is 6.50. The maximum absolute atomic E-state index is 12.0. The summed E-state index contributed by atoms with van der Waals surface area (Å²) in [5, 5.41) is 6.26. The number of rotatable bonds is 7. The molecule has 2 N–H and O–H groups in total. The largest absolute Gasteiger partial charge is 0.384 e. The van der Waals surface area contributed by atoms with Crippen LogP contribution in [0.3, 0.4) is 0 Å². The molecular formula is C16H24N2O2. The fourth-order valence-corrected chi connectivity index (χ4v) is 2.30. The van der Waals surface area contributed by atoms with Crippen LogP contribution in [0.15, 0.2) is 18.2 Å². The summed E-state index contributed by atoms with van der Waals surface area (Å²) in [6, 6.07) is 5.87. The fourth-order valence-electron chi connectivity index (χ4n) is 2.30. The summed E-state index contributed by atoms with van der Waals surface area (Å²) < 4.78 is 5.46. The van der Waals surface area contributed by atoms with Crippen molar-refractivity contribution in [1.82, 2.24) is 5.32 Å². The van der Waals surface area contributed by atoms with Crippen molar-refractivity contribution in [3.63, 3.8) is 0 Å². The quantitative estimate of drug-likeness (QED) is 0.753. The zero-order valence-electron chi connectivity index (χ0n) is 12.4. The van der Waals surface area contributed by atoms with Crippen molar-refractivity contribution < 1.29 is 9.53 Å². The van der Waals surface area contributed by atoms with E-state index < -0.39 is 0 Å². The van der Waals surface area contributed by atoms with E-state index in [1.807, 2.05) is 32.0 Å². The molecule has 0 spiro atoms. The number of hydrogen-bond donors (Lipinski definition) is 2. The van der Waals surface area contributed by atoms with E-state index in [2.05, 4.69) is 10.6 Å². The highest BCUT2D eigenvalue weighted by atomic mass is 16.5. The molecule has 0 aromatic heterocycles. The van der Waals surface area contributed by atoms with E-state index in [1.54, 1.807) is 0 Å². The molecule has 2 rings (SSSR count). The molecule has 0 radical (unpaired) electrons. The lowest BCUT2D eigenvalue weighted by atomic mass is 10.1. The first-order chi connectivity index (χ1) is 9.66. The van der Waals surface area contributed by atoms with Crippen LogP contribution >= 0.6 is 0 Å². The Hall–Kier alpha value is -1.55. The van der Waals surface area contributed by atoms with E-state index in [0.717, 1.165) is 43.7 Å². The van der Waals surface area contributed by atoms with Gasteiger partial charge in [0.05, 0.1) is 6.10 Å². The molecule has 1 amide bonds. The number of hydrogen-bond acceptors (Lipinski definition) is 3. The van der Waals surface area contributed by atoms with Crippen LogP contribution in [0.5, 0.6) is 0 Å². The Kier molecular flexibility index (Phi) is 5.41. The summed E-state index contributed by atoms with van der Waals surface area (Å²) >= 11 is 0. The highest BCUT2D eigenvalue weighted by Crippen LogP contribution is 2.22. The standard InChI is InChI=1S/C16H24N2O2/c1-12(2)20-10-4-3-8-18-16(19)14-5-6-15-13(11-14)7-9-17-15/h5-6,11-12,17H,3-4,7-10H2,1-2H3,(H,18,19). The molecule has 110 valence electrons. The smallest absolute Gasteiger partial charge is 0.251 e. The third kappa shape index (κ3) is 4.23. The molecular weight excluding hydrogens is 252 g/mol. The number of nitrogens with one attached hydrogen (secondary N) is 2. The third-order valence-corrected chi connectivity index (χ3v) is 3.39. The van der Waals surface area contributed by atoms with E-state index in [-0.39, 0.29) is 12.0 Å². The zero-order chi connectivity index (χ0) is 14.4. The number of fused-ring (bicyclic) bond motifs is 1. The van der Waals surface area contributed by atoms with Crippen LogP contribution in [-0.4, -0.2) is 31.7 Å². The SMILES string of the molecule is CC(C)OCCCCNC(=O)c1ccc2c(c1)CCN2. The van der Waals surface area contributed by atoms with Crippen molar-refractivity contribution in [3.05, 3.63) is 29.3 Å². The molecule has 20 heavy (non-hydrogen) atoms. The molecule has 1 aromatic rings. The summed E-state index contributed by atoms with van der Waals surface area (Å²) in [4.78, 5) is 12.0. The van der Waals surface area contributed by atoms with Gasteiger partial charge in [0.1, 0.15) is 0 Å². The fraction of sp³-hybridized carbons (Fsp3) is 0.562. The van der Waals surface area contributed by atoms with Crippen molar-refractivity contribution in [2.75, 3.05) is 25.0 Å². The second-order valence-corrected chi connectivity index (χ2v) is 5.43. The minimum atomic E-state index is 0.0180. The van der Waals surface area contributed by atoms with E-state index in [1.165, 1.54) is 5.56 Å². The van der Waals surface area contributed by atoms with Crippen molar-refractivity contribution in [3.8, 4) is 0 Å². The monoisotopic (exact) mass is 276 g/mol. The van der Waals surface area contributed by atoms with Gasteiger partial charge in [-0.25, -0.2) is 0 Å². The normalized spacial score (nSPS) is 13.2. The molecule has 0 bridgehead atoms. The zero-order valence-corrected chi connectivity index (χ0v) is 12.4. The summed E-state index contributed by atoms with van der Waals surface area (Å²) in [5.41, 5.74) is 3.15. The van der Waals surface area contributed by atoms with Gasteiger partial charge in [-0.15, -0.1) is 0 Å². The van der Waals surface area contributed by atoms with Crippen LogP contribution < -0.4 is 10.6 Å². The molecule has 1 heterocycles. The summed E-state index contributed by atoms with van der Waals surface area (Å²) in [5.74, 6) is 0.0180. The number of amides is 1. The highest BCUT2D eigenvalue weighted by molar-refractivity contribution is 5.95. The van der Waals surface area contributed by atoms with Crippen molar-refractivity contribution >= 4 is 11.6 Å². The summed E-state index contributed by atoms with van der Waals surface area (Å²) in [6.07, 6.45) is 3.21. The molecule has 4 nitrogen and oxygen atoms in total. The van der Waals surface area contributed by atoms with Crippen molar-refractivity contribution in [2.24, 2.45) is 0 Å². The molecule has 0 unspecified atom stereocenters. The number of ether oxygens (including phenoxy) is 1. The van der Waals surface area contributed by atoms with Crippen LogP contribution in [0.1, 0.15) is 42.6 Å². The molecule has 0 aliphatic carbocycles. The number of anilines is 1. The Morgan fingerprint density at radius 1 is 1.40 bits per heavy atom. The predicted octanol–water partition coefficient (Wildman–Crippen LogP) is 2.59. The van der Waals surface area contributed by atoms with E-state index in [0.29, 0.717) is 6.54 Å². The number of carbonyl (C=O) groups excluding carboxylic acids is 1. The molecule has 4 heteroatoms. The second-order valence-electron chi connectivity index (χ2n) is 5.43. The lowest BCUT2D eigenvalue weighted by Gasteiger charge is -2.08. The van der Waals surface area contributed by atoms with Crippen LogP contribution in [0.25, 0.3) is 0 Å². The molecule has 0 saturated heterocycles. The Bertz CT molecular complexity index is 458. The van der Waals surface area contributed by atoms with Crippen LogP contribution in [0, 0.1) is 0 Å².